The molecule has 2 atom stereocenters. The number of benzene rings is 1. The van der Waals surface area contributed by atoms with E-state index in [2.05, 4.69) is 17.1 Å². The monoisotopic (exact) mass is 434 g/mol. The molecule has 7 nitrogen and oxygen atoms in total. The van der Waals surface area contributed by atoms with Crippen molar-refractivity contribution in [3.63, 3.8) is 0 Å². The lowest BCUT2D eigenvalue weighted by Crippen LogP contribution is -2.53. The summed E-state index contributed by atoms with van der Waals surface area (Å²) in [5.74, 6) is 0.613. The molecule has 2 N–H and O–H groups in total. The van der Waals surface area contributed by atoms with E-state index in [1.54, 1.807) is 6.07 Å². The molecule has 3 saturated heterocycles. The van der Waals surface area contributed by atoms with E-state index >= 15 is 0 Å². The lowest BCUT2D eigenvalue weighted by molar-refractivity contribution is -0.0817. The third-order valence-electron chi connectivity index (χ3n) is 6.34. The third kappa shape index (κ3) is 5.67. The van der Waals surface area contributed by atoms with Crippen LogP contribution in [0, 0.1) is 5.82 Å². The second kappa shape index (κ2) is 10.6. The fourth-order valence-corrected chi connectivity index (χ4v) is 4.59. The zero-order valence-electron chi connectivity index (χ0n) is 18.4. The number of hydrogen-bond acceptors (Lipinski definition) is 5. The number of nitrogens with zero attached hydrogens (tertiary/aromatic N) is 3. The summed E-state index contributed by atoms with van der Waals surface area (Å²) < 4.78 is 26.5. The van der Waals surface area contributed by atoms with Crippen molar-refractivity contribution in [3.05, 3.63) is 29.6 Å². The van der Waals surface area contributed by atoms with Crippen LogP contribution in [0.5, 0.6) is 0 Å². The van der Waals surface area contributed by atoms with E-state index < -0.39 is 0 Å². The van der Waals surface area contributed by atoms with Gasteiger partial charge in [-0.05, 0) is 50.3 Å². The van der Waals surface area contributed by atoms with Crippen molar-refractivity contribution in [1.29, 1.82) is 0 Å². The molecule has 1 aromatic rings. The number of anilines is 1. The van der Waals surface area contributed by atoms with Crippen molar-refractivity contribution in [2.24, 2.45) is 4.99 Å². The molecule has 0 saturated carbocycles. The third-order valence-corrected chi connectivity index (χ3v) is 6.34. The van der Waals surface area contributed by atoms with Crippen LogP contribution < -0.4 is 10.2 Å². The molecule has 8 heteroatoms. The zero-order valence-corrected chi connectivity index (χ0v) is 18.4. The van der Waals surface area contributed by atoms with E-state index in [-0.39, 0.29) is 24.1 Å². The molecule has 3 fully saturated rings. The Morgan fingerprint density at radius 3 is 2.68 bits per heavy atom. The maximum absolute atomic E-state index is 14.8. The molecule has 1 aromatic carbocycles. The van der Waals surface area contributed by atoms with E-state index in [0.717, 1.165) is 50.6 Å². The zero-order chi connectivity index (χ0) is 21.6. The lowest BCUT2D eigenvalue weighted by Gasteiger charge is -2.37. The van der Waals surface area contributed by atoms with Crippen LogP contribution in [0.3, 0.4) is 0 Å². The van der Waals surface area contributed by atoms with Crippen molar-refractivity contribution in [1.82, 2.24) is 10.2 Å². The standard InChI is InChI=1S/C23H35FN4O3/c1-2-25-23(28-11-13-31-22(16-28)21-4-3-12-30-21)26-15-17-5-6-20(19(24)14-17)27-9-7-18(29)8-10-27/h5-6,14,18,21-22,29H,2-4,7-13,15-16H2,1H3,(H,25,26). The van der Waals surface area contributed by atoms with Gasteiger partial charge in [0, 0.05) is 39.3 Å². The fourth-order valence-electron chi connectivity index (χ4n) is 4.59. The van der Waals surface area contributed by atoms with Crippen LogP contribution in [0.1, 0.15) is 38.2 Å². The molecule has 31 heavy (non-hydrogen) atoms. The highest BCUT2D eigenvalue weighted by molar-refractivity contribution is 5.80. The van der Waals surface area contributed by atoms with Gasteiger partial charge >= 0.3 is 0 Å². The topological polar surface area (TPSA) is 69.6 Å². The molecule has 4 rings (SSSR count). The maximum Gasteiger partial charge on any atom is 0.194 e. The Morgan fingerprint density at radius 1 is 1.16 bits per heavy atom. The molecule has 2 unspecified atom stereocenters. The predicted octanol–water partition coefficient (Wildman–Crippen LogP) is 2.13. The second-order valence-electron chi connectivity index (χ2n) is 8.58. The van der Waals surface area contributed by atoms with Crippen LogP contribution in [-0.4, -0.2) is 80.2 Å². The first-order valence-electron chi connectivity index (χ1n) is 11.6. The number of ether oxygens (including phenoxy) is 2. The Hall–Kier alpha value is -1.90. The first-order chi connectivity index (χ1) is 15.1. The Labute approximate surface area is 184 Å². The van der Waals surface area contributed by atoms with Crippen molar-refractivity contribution in [2.75, 3.05) is 50.8 Å². The average Bonchev–Trinajstić information content (AvgIpc) is 3.33. The minimum absolute atomic E-state index is 0.0693. The van der Waals surface area contributed by atoms with Crippen LogP contribution in [0.2, 0.25) is 0 Å². The number of guanidine groups is 1. The number of morpholine rings is 1. The predicted molar refractivity (Wildman–Crippen MR) is 119 cm³/mol. The molecule has 3 aliphatic heterocycles. The molecule has 0 aromatic heterocycles. The summed E-state index contributed by atoms with van der Waals surface area (Å²) in [6.07, 6.45) is 3.49. The first-order valence-corrected chi connectivity index (χ1v) is 11.6. The lowest BCUT2D eigenvalue weighted by atomic mass is 10.1. The van der Waals surface area contributed by atoms with Crippen LogP contribution in [0.25, 0.3) is 0 Å². The van der Waals surface area contributed by atoms with E-state index in [4.69, 9.17) is 14.5 Å². The van der Waals surface area contributed by atoms with Gasteiger partial charge in [-0.15, -0.1) is 0 Å². The molecule has 0 radical (unpaired) electrons. The number of halogens is 1. The normalized spacial score (nSPS) is 25.8. The minimum atomic E-state index is -0.266. The van der Waals surface area contributed by atoms with Gasteiger partial charge in [-0.2, -0.15) is 0 Å². The van der Waals surface area contributed by atoms with E-state index in [1.165, 1.54) is 0 Å². The number of nitrogens with one attached hydrogen (secondary N) is 1. The molecule has 0 spiro atoms. The van der Waals surface area contributed by atoms with Crippen LogP contribution in [-0.2, 0) is 16.0 Å². The molecule has 0 amide bonds. The summed E-state index contributed by atoms with van der Waals surface area (Å²) in [4.78, 5) is 9.02. The van der Waals surface area contributed by atoms with Crippen LogP contribution in [0.4, 0.5) is 10.1 Å². The summed E-state index contributed by atoms with van der Waals surface area (Å²) >= 11 is 0. The average molecular weight is 435 g/mol. The highest BCUT2D eigenvalue weighted by Crippen LogP contribution is 2.25. The fraction of sp³-hybridized carbons (Fsp3) is 0.696. The van der Waals surface area contributed by atoms with Gasteiger partial charge in [-0.1, -0.05) is 6.07 Å². The first kappa shape index (κ1) is 22.3. The Morgan fingerprint density at radius 2 is 1.97 bits per heavy atom. The molecule has 0 aliphatic carbocycles. The Balaban J connectivity index is 1.40. The number of aliphatic hydroxyl groups is 1. The summed E-state index contributed by atoms with van der Waals surface area (Å²) in [7, 11) is 0. The van der Waals surface area contributed by atoms with E-state index in [9.17, 15) is 9.50 Å². The SMILES string of the molecule is CCNC(=NCc1ccc(N2CCC(O)CC2)c(F)c1)N1CCOC(C2CCCO2)C1. The maximum atomic E-state index is 14.8. The van der Waals surface area contributed by atoms with Crippen molar-refractivity contribution in [3.8, 4) is 0 Å². The number of piperidine rings is 1. The largest absolute Gasteiger partial charge is 0.393 e. The van der Waals surface area contributed by atoms with Gasteiger partial charge in [-0.25, -0.2) is 9.38 Å². The molecule has 0 bridgehead atoms. The minimum Gasteiger partial charge on any atom is -0.393 e. The smallest absolute Gasteiger partial charge is 0.194 e. The summed E-state index contributed by atoms with van der Waals surface area (Å²) in [5.41, 5.74) is 1.46. The van der Waals surface area contributed by atoms with Gasteiger partial charge in [0.15, 0.2) is 5.96 Å². The van der Waals surface area contributed by atoms with Crippen molar-refractivity contribution < 1.29 is 19.0 Å². The molecular formula is C23H35FN4O3. The van der Waals surface area contributed by atoms with Gasteiger partial charge in [0.05, 0.1) is 31.0 Å². The second-order valence-corrected chi connectivity index (χ2v) is 8.58. The van der Waals surface area contributed by atoms with Gasteiger partial charge in [0.2, 0.25) is 0 Å². The highest BCUT2D eigenvalue weighted by atomic mass is 19.1. The van der Waals surface area contributed by atoms with E-state index in [1.807, 2.05) is 17.0 Å². The number of hydrogen-bond donors (Lipinski definition) is 2. The summed E-state index contributed by atoms with van der Waals surface area (Å²) in [5, 5.41) is 13.0. The number of rotatable bonds is 5. The molecular weight excluding hydrogens is 399 g/mol. The van der Waals surface area contributed by atoms with Crippen LogP contribution >= 0.6 is 0 Å². The van der Waals surface area contributed by atoms with Crippen molar-refractivity contribution in [2.45, 2.75) is 57.5 Å². The van der Waals surface area contributed by atoms with Gasteiger partial charge in [0.25, 0.3) is 0 Å². The summed E-state index contributed by atoms with van der Waals surface area (Å²) in [6.45, 7) is 7.62. The summed E-state index contributed by atoms with van der Waals surface area (Å²) in [6, 6.07) is 5.37. The molecule has 3 aliphatic rings. The van der Waals surface area contributed by atoms with Crippen molar-refractivity contribution >= 4 is 11.6 Å². The van der Waals surface area contributed by atoms with Gasteiger partial charge in [-0.3, -0.25) is 0 Å². The highest BCUT2D eigenvalue weighted by Gasteiger charge is 2.32. The Bertz CT molecular complexity index is 748. The Kier molecular flexibility index (Phi) is 7.63. The molecule has 3 heterocycles. The van der Waals surface area contributed by atoms with Gasteiger partial charge < -0.3 is 29.7 Å². The quantitative estimate of drug-likeness (QED) is 0.547. The number of aliphatic hydroxyl groups excluding tert-OH is 1. The van der Waals surface area contributed by atoms with E-state index in [0.29, 0.717) is 44.8 Å². The van der Waals surface area contributed by atoms with Gasteiger partial charge in [0.1, 0.15) is 11.9 Å². The number of aliphatic imine (C=N–C) groups is 1. The molecule has 172 valence electrons. The van der Waals surface area contributed by atoms with Crippen LogP contribution in [0.15, 0.2) is 23.2 Å².